The molecule has 1 aromatic heterocycles. The Balaban J connectivity index is 1.01. The molecule has 2 aliphatic rings. The fourth-order valence-electron chi connectivity index (χ4n) is 4.94. The van der Waals surface area contributed by atoms with Crippen LogP contribution in [-0.4, -0.2) is 66.7 Å². The Hall–Kier alpha value is -3.26. The van der Waals surface area contributed by atoms with Gasteiger partial charge in [0.15, 0.2) is 5.58 Å². The summed E-state index contributed by atoms with van der Waals surface area (Å²) in [6.07, 6.45) is 3.31. The van der Waals surface area contributed by atoms with Gasteiger partial charge in [0.2, 0.25) is 0 Å². The van der Waals surface area contributed by atoms with E-state index in [-0.39, 0.29) is 6.09 Å². The van der Waals surface area contributed by atoms with Gasteiger partial charge < -0.3 is 19.0 Å². The van der Waals surface area contributed by atoms with Gasteiger partial charge in [0.25, 0.3) is 0 Å². The second kappa shape index (κ2) is 10.3. The van der Waals surface area contributed by atoms with Crippen molar-refractivity contribution in [1.82, 2.24) is 14.8 Å². The maximum atomic E-state index is 12.4. The standard InChI is InChI=1S/C26H32N4O4/c31-25-27-23-7-6-22(18-24(23)34-25)29-12-9-20(10-13-29)8-11-28-14-16-30(17-15-28)26(32)33-19-21-4-2-1-3-5-21/h1-7,18,20H,8-17,19H2,(H,27,31). The van der Waals surface area contributed by atoms with Crippen molar-refractivity contribution in [2.45, 2.75) is 25.9 Å². The number of carbonyl (C=O) groups is 1. The number of nitrogens with one attached hydrogen (secondary N) is 1. The summed E-state index contributed by atoms with van der Waals surface area (Å²) >= 11 is 0. The van der Waals surface area contributed by atoms with Crippen LogP contribution in [0.2, 0.25) is 0 Å². The fraction of sp³-hybridized carbons (Fsp3) is 0.462. The molecule has 8 heteroatoms. The second-order valence-electron chi connectivity index (χ2n) is 9.28. The smallest absolute Gasteiger partial charge is 0.417 e. The van der Waals surface area contributed by atoms with E-state index >= 15 is 0 Å². The molecule has 8 nitrogen and oxygen atoms in total. The number of carbonyl (C=O) groups excluding carboxylic acids is 1. The zero-order valence-corrected chi connectivity index (χ0v) is 19.4. The van der Waals surface area contributed by atoms with Crippen LogP contribution in [0.4, 0.5) is 10.5 Å². The van der Waals surface area contributed by atoms with Crippen LogP contribution >= 0.6 is 0 Å². The molecule has 34 heavy (non-hydrogen) atoms. The van der Waals surface area contributed by atoms with Crippen molar-refractivity contribution in [3.05, 3.63) is 64.6 Å². The van der Waals surface area contributed by atoms with E-state index in [9.17, 15) is 9.59 Å². The van der Waals surface area contributed by atoms with Crippen molar-refractivity contribution in [2.75, 3.05) is 50.7 Å². The highest BCUT2D eigenvalue weighted by molar-refractivity contribution is 5.77. The molecule has 1 N–H and O–H groups in total. The Morgan fingerprint density at radius 3 is 2.53 bits per heavy atom. The van der Waals surface area contributed by atoms with Crippen molar-refractivity contribution >= 4 is 22.9 Å². The summed E-state index contributed by atoms with van der Waals surface area (Å²) < 4.78 is 10.7. The number of benzene rings is 2. The van der Waals surface area contributed by atoms with Crippen molar-refractivity contribution in [3.63, 3.8) is 0 Å². The largest absolute Gasteiger partial charge is 0.445 e. The number of ether oxygens (including phenoxy) is 1. The van der Waals surface area contributed by atoms with Crippen molar-refractivity contribution in [3.8, 4) is 0 Å². The van der Waals surface area contributed by atoms with Crippen LogP contribution < -0.4 is 10.7 Å². The van der Waals surface area contributed by atoms with Crippen LogP contribution in [0, 0.1) is 5.92 Å². The summed E-state index contributed by atoms with van der Waals surface area (Å²) in [6, 6.07) is 15.7. The number of hydrogen-bond donors (Lipinski definition) is 1. The van der Waals surface area contributed by atoms with Gasteiger partial charge >= 0.3 is 11.8 Å². The minimum atomic E-state index is -0.407. The Bertz CT molecular complexity index is 1140. The number of piperazine rings is 1. The third kappa shape index (κ3) is 5.44. The minimum absolute atomic E-state index is 0.215. The number of fused-ring (bicyclic) bond motifs is 1. The molecule has 180 valence electrons. The number of piperidine rings is 1. The number of oxazole rings is 1. The van der Waals surface area contributed by atoms with Crippen LogP contribution in [0.1, 0.15) is 24.8 Å². The highest BCUT2D eigenvalue weighted by Gasteiger charge is 2.24. The SMILES string of the molecule is O=C(OCc1ccccc1)N1CCN(CCC2CCN(c3ccc4[nH]c(=O)oc4c3)CC2)CC1. The highest BCUT2D eigenvalue weighted by Crippen LogP contribution is 2.27. The first-order chi connectivity index (χ1) is 16.6. The number of H-pyrrole nitrogens is 1. The molecule has 2 fully saturated rings. The lowest BCUT2D eigenvalue weighted by Gasteiger charge is -2.37. The highest BCUT2D eigenvalue weighted by atomic mass is 16.6. The predicted octanol–water partition coefficient (Wildman–Crippen LogP) is 3.68. The third-order valence-electron chi connectivity index (χ3n) is 7.07. The van der Waals surface area contributed by atoms with Gasteiger partial charge in [0.05, 0.1) is 5.52 Å². The van der Waals surface area contributed by atoms with E-state index in [1.807, 2.05) is 47.4 Å². The van der Waals surface area contributed by atoms with Crippen LogP contribution in [0.15, 0.2) is 57.7 Å². The summed E-state index contributed by atoms with van der Waals surface area (Å²) in [4.78, 5) is 33.1. The topological polar surface area (TPSA) is 82.0 Å². The Labute approximate surface area is 199 Å². The van der Waals surface area contributed by atoms with Crippen molar-refractivity contribution in [2.24, 2.45) is 5.92 Å². The van der Waals surface area contributed by atoms with Gasteiger partial charge in [-0.15, -0.1) is 0 Å². The maximum Gasteiger partial charge on any atom is 0.417 e. The lowest BCUT2D eigenvalue weighted by molar-refractivity contribution is 0.0700. The van der Waals surface area contributed by atoms with E-state index in [1.165, 1.54) is 19.3 Å². The van der Waals surface area contributed by atoms with E-state index < -0.39 is 5.76 Å². The molecule has 0 bridgehead atoms. The Morgan fingerprint density at radius 2 is 1.76 bits per heavy atom. The lowest BCUT2D eigenvalue weighted by atomic mass is 9.93. The lowest BCUT2D eigenvalue weighted by Crippen LogP contribution is -2.49. The molecule has 2 aliphatic heterocycles. The van der Waals surface area contributed by atoms with Gasteiger partial charge in [-0.2, -0.15) is 0 Å². The number of aromatic amines is 1. The van der Waals surface area contributed by atoms with Crippen LogP contribution in [0.25, 0.3) is 11.1 Å². The summed E-state index contributed by atoms with van der Waals surface area (Å²) in [6.45, 7) is 6.71. The Morgan fingerprint density at radius 1 is 1.00 bits per heavy atom. The van der Waals surface area contributed by atoms with Crippen LogP contribution in [-0.2, 0) is 11.3 Å². The van der Waals surface area contributed by atoms with E-state index in [0.717, 1.165) is 68.5 Å². The van der Waals surface area contributed by atoms with Gasteiger partial charge in [-0.05, 0) is 49.4 Å². The van der Waals surface area contributed by atoms with Crippen molar-refractivity contribution in [1.29, 1.82) is 0 Å². The molecule has 0 spiro atoms. The quantitative estimate of drug-likeness (QED) is 0.599. The third-order valence-corrected chi connectivity index (χ3v) is 7.07. The van der Waals surface area contributed by atoms with Crippen molar-refractivity contribution < 1.29 is 13.9 Å². The van der Waals surface area contributed by atoms with Crippen LogP contribution in [0.3, 0.4) is 0 Å². The van der Waals surface area contributed by atoms with E-state index in [0.29, 0.717) is 12.2 Å². The molecular weight excluding hydrogens is 432 g/mol. The van der Waals surface area contributed by atoms with Crippen LogP contribution in [0.5, 0.6) is 0 Å². The number of hydrogen-bond acceptors (Lipinski definition) is 6. The summed E-state index contributed by atoms with van der Waals surface area (Å²) in [5.74, 6) is 0.315. The average molecular weight is 465 g/mol. The number of nitrogens with zero attached hydrogens (tertiary/aromatic N) is 3. The predicted molar refractivity (Wildman–Crippen MR) is 131 cm³/mol. The first kappa shape index (κ1) is 22.5. The van der Waals surface area contributed by atoms with Gasteiger partial charge in [-0.25, -0.2) is 9.59 Å². The second-order valence-corrected chi connectivity index (χ2v) is 9.28. The summed E-state index contributed by atoms with van der Waals surface area (Å²) in [5, 5.41) is 0. The first-order valence-electron chi connectivity index (χ1n) is 12.2. The molecule has 1 amide bonds. The molecule has 3 aromatic rings. The van der Waals surface area contributed by atoms with Gasteiger partial charge in [0.1, 0.15) is 6.61 Å². The van der Waals surface area contributed by atoms with Gasteiger partial charge in [-0.3, -0.25) is 9.88 Å². The van der Waals surface area contributed by atoms with E-state index in [4.69, 9.17) is 9.15 Å². The number of rotatable bonds is 6. The molecule has 5 rings (SSSR count). The van der Waals surface area contributed by atoms with Gasteiger partial charge in [-0.1, -0.05) is 30.3 Å². The fourth-order valence-corrected chi connectivity index (χ4v) is 4.94. The normalized spacial score (nSPS) is 17.9. The van der Waals surface area contributed by atoms with Gasteiger partial charge in [0, 0.05) is 51.0 Å². The molecular formula is C26H32N4O4. The molecule has 0 saturated carbocycles. The minimum Gasteiger partial charge on any atom is -0.445 e. The number of amides is 1. The molecule has 0 unspecified atom stereocenters. The van der Waals surface area contributed by atoms with E-state index in [1.54, 1.807) is 0 Å². The van der Waals surface area contributed by atoms with E-state index in [2.05, 4.69) is 20.9 Å². The molecule has 3 heterocycles. The molecule has 2 saturated heterocycles. The first-order valence-corrected chi connectivity index (χ1v) is 12.2. The maximum absolute atomic E-state index is 12.4. The zero-order valence-electron chi connectivity index (χ0n) is 19.4. The zero-order chi connectivity index (χ0) is 23.3. The Kier molecular flexibility index (Phi) is 6.85. The summed E-state index contributed by atoms with van der Waals surface area (Å²) in [7, 11) is 0. The molecule has 0 aliphatic carbocycles. The monoisotopic (exact) mass is 464 g/mol. The molecule has 0 atom stereocenters. The number of aromatic nitrogens is 1. The molecule has 2 aromatic carbocycles. The molecule has 0 radical (unpaired) electrons. The number of anilines is 1. The summed E-state index contributed by atoms with van der Waals surface area (Å²) in [5.41, 5.74) is 3.49. The average Bonchev–Trinajstić information content (AvgIpc) is 3.26.